The zero-order valence-electron chi connectivity index (χ0n) is 7.79. The number of thiazole rings is 1. The van der Waals surface area contributed by atoms with Crippen molar-refractivity contribution in [1.29, 1.82) is 0 Å². The van der Waals surface area contributed by atoms with E-state index in [1.807, 2.05) is 38.6 Å². The lowest BCUT2D eigenvalue weighted by molar-refractivity contribution is 1.14. The zero-order chi connectivity index (χ0) is 9.11. The molecule has 0 aliphatic heterocycles. The molecule has 1 heterocycles. The fourth-order valence-corrected chi connectivity index (χ4v) is 0.819. The molecular formula is C8H20N2S. The molecule has 1 rings (SSSR count). The van der Waals surface area contributed by atoms with Crippen molar-refractivity contribution in [1.82, 2.24) is 4.98 Å². The van der Waals surface area contributed by atoms with E-state index in [0.29, 0.717) is 0 Å². The highest BCUT2D eigenvalue weighted by atomic mass is 32.1. The summed E-state index contributed by atoms with van der Waals surface area (Å²) >= 11 is 1.63. The average Bonchev–Trinajstić information content (AvgIpc) is 2.46. The topological polar surface area (TPSA) is 38.9 Å². The first kappa shape index (κ1) is 13.2. The van der Waals surface area contributed by atoms with Crippen LogP contribution in [0.15, 0.2) is 10.9 Å². The van der Waals surface area contributed by atoms with Gasteiger partial charge in [-0.1, -0.05) is 20.8 Å². The SMILES string of the molecule is CC.CCN.Cc1cscn1.[HH]. The Morgan fingerprint density at radius 1 is 1.64 bits per heavy atom. The van der Waals surface area contributed by atoms with E-state index in [0.717, 1.165) is 12.2 Å². The normalized spacial score (nSPS) is 7.00. The minimum Gasteiger partial charge on any atom is -0.331 e. The molecule has 0 unspecified atom stereocenters. The Bertz CT molecular complexity index is 132. The summed E-state index contributed by atoms with van der Waals surface area (Å²) < 4.78 is 0. The lowest BCUT2D eigenvalue weighted by Gasteiger charge is -1.64. The van der Waals surface area contributed by atoms with E-state index in [2.05, 4.69) is 4.98 Å². The van der Waals surface area contributed by atoms with Crippen molar-refractivity contribution < 1.29 is 1.43 Å². The molecule has 1 aromatic heterocycles. The number of hydrogen-bond donors (Lipinski definition) is 1. The highest BCUT2D eigenvalue weighted by Gasteiger charge is 1.76. The smallest absolute Gasteiger partial charge is 0.0794 e. The van der Waals surface area contributed by atoms with Gasteiger partial charge in [0.15, 0.2) is 0 Å². The fraction of sp³-hybridized carbons (Fsp3) is 0.625. The van der Waals surface area contributed by atoms with Crippen molar-refractivity contribution in [2.24, 2.45) is 5.73 Å². The second-order valence-electron chi connectivity index (χ2n) is 1.54. The van der Waals surface area contributed by atoms with Crippen molar-refractivity contribution in [2.45, 2.75) is 27.7 Å². The number of aryl methyl sites for hydroxylation is 1. The fourth-order valence-electron chi connectivity index (χ4n) is 0.273. The van der Waals surface area contributed by atoms with Crippen LogP contribution in [0, 0.1) is 6.92 Å². The number of aromatic nitrogens is 1. The highest BCUT2D eigenvalue weighted by molar-refractivity contribution is 7.07. The lowest BCUT2D eigenvalue weighted by Crippen LogP contribution is -1.87. The summed E-state index contributed by atoms with van der Waals surface area (Å²) in [6, 6.07) is 0. The van der Waals surface area contributed by atoms with Crippen LogP contribution in [0.2, 0.25) is 0 Å². The molecule has 0 saturated carbocycles. The molecule has 0 aliphatic rings. The van der Waals surface area contributed by atoms with Crippen LogP contribution < -0.4 is 5.73 Å². The van der Waals surface area contributed by atoms with Gasteiger partial charge in [0.05, 0.1) is 5.51 Å². The molecule has 0 fully saturated rings. The second kappa shape index (κ2) is 12.3. The van der Waals surface area contributed by atoms with Gasteiger partial charge in [0.25, 0.3) is 0 Å². The second-order valence-corrected chi connectivity index (χ2v) is 2.26. The maximum Gasteiger partial charge on any atom is 0.0794 e. The first-order chi connectivity index (χ1) is 5.31. The number of nitrogens with zero attached hydrogens (tertiary/aromatic N) is 1. The molecule has 0 spiro atoms. The molecular weight excluding hydrogens is 156 g/mol. The quantitative estimate of drug-likeness (QED) is 0.660. The van der Waals surface area contributed by atoms with Gasteiger partial charge in [-0.25, -0.2) is 0 Å². The molecule has 0 atom stereocenters. The largest absolute Gasteiger partial charge is 0.331 e. The van der Waals surface area contributed by atoms with E-state index in [-0.39, 0.29) is 1.43 Å². The predicted octanol–water partition coefficient (Wildman–Crippen LogP) is 2.69. The molecule has 2 nitrogen and oxygen atoms in total. The van der Waals surface area contributed by atoms with E-state index < -0.39 is 0 Å². The highest BCUT2D eigenvalue weighted by Crippen LogP contribution is 1.95. The first-order valence-electron chi connectivity index (χ1n) is 3.86. The van der Waals surface area contributed by atoms with Gasteiger partial charge < -0.3 is 5.73 Å². The van der Waals surface area contributed by atoms with Crippen LogP contribution in [0.1, 0.15) is 27.9 Å². The number of hydrogen-bond acceptors (Lipinski definition) is 3. The van der Waals surface area contributed by atoms with Crippen LogP contribution in [0.4, 0.5) is 0 Å². The predicted molar refractivity (Wildman–Crippen MR) is 55.0 cm³/mol. The molecule has 0 radical (unpaired) electrons. The maximum atomic E-state index is 4.85. The van der Waals surface area contributed by atoms with Crippen molar-refractivity contribution in [2.75, 3.05) is 6.54 Å². The van der Waals surface area contributed by atoms with Gasteiger partial charge in [-0.3, -0.25) is 4.98 Å². The molecule has 0 saturated heterocycles. The molecule has 1 aromatic rings. The Balaban J connectivity index is -0.000000119. The Labute approximate surface area is 75.0 Å². The minimum atomic E-state index is 0. The standard InChI is InChI=1S/C4H5NS.C2H7N.C2H6.H2/c1-4-2-6-3-5-4;1-2-3;1-2;/h2-3H,1H3;2-3H2,1H3;1-2H3;1H. The summed E-state index contributed by atoms with van der Waals surface area (Å²) in [5.74, 6) is 0. The summed E-state index contributed by atoms with van der Waals surface area (Å²) in [5.41, 5.74) is 7.79. The minimum absolute atomic E-state index is 0. The number of rotatable bonds is 0. The van der Waals surface area contributed by atoms with E-state index in [4.69, 9.17) is 5.73 Å². The van der Waals surface area contributed by atoms with Gasteiger partial charge in [0.1, 0.15) is 0 Å². The van der Waals surface area contributed by atoms with Crippen molar-refractivity contribution in [3.05, 3.63) is 16.6 Å². The van der Waals surface area contributed by atoms with E-state index >= 15 is 0 Å². The van der Waals surface area contributed by atoms with E-state index in [1.54, 1.807) is 11.3 Å². The molecule has 68 valence electrons. The third-order valence-electron chi connectivity index (χ3n) is 0.556. The molecule has 0 aromatic carbocycles. The van der Waals surface area contributed by atoms with Gasteiger partial charge in [-0.15, -0.1) is 11.3 Å². The summed E-state index contributed by atoms with van der Waals surface area (Å²) in [6.07, 6.45) is 0. The summed E-state index contributed by atoms with van der Waals surface area (Å²) in [6.45, 7) is 8.64. The van der Waals surface area contributed by atoms with Crippen LogP contribution in [-0.4, -0.2) is 11.5 Å². The third kappa shape index (κ3) is 12.7. The van der Waals surface area contributed by atoms with Crippen LogP contribution in [0.3, 0.4) is 0 Å². The van der Waals surface area contributed by atoms with E-state index in [9.17, 15) is 0 Å². The Kier molecular flexibility index (Phi) is 14.7. The maximum absolute atomic E-state index is 4.85. The summed E-state index contributed by atoms with van der Waals surface area (Å²) in [4.78, 5) is 3.94. The summed E-state index contributed by atoms with van der Waals surface area (Å²) in [5, 5.41) is 2.01. The average molecular weight is 176 g/mol. The van der Waals surface area contributed by atoms with Gasteiger partial charge in [-0.2, -0.15) is 0 Å². The molecule has 11 heavy (non-hydrogen) atoms. The molecule has 0 aliphatic carbocycles. The van der Waals surface area contributed by atoms with Gasteiger partial charge in [0.2, 0.25) is 0 Å². The van der Waals surface area contributed by atoms with Gasteiger partial charge >= 0.3 is 0 Å². The molecule has 0 amide bonds. The Hall–Kier alpha value is -0.410. The molecule has 3 heteroatoms. The number of nitrogens with two attached hydrogens (primary N) is 1. The van der Waals surface area contributed by atoms with Crippen LogP contribution in [-0.2, 0) is 0 Å². The first-order valence-corrected chi connectivity index (χ1v) is 4.80. The third-order valence-corrected chi connectivity index (χ3v) is 1.26. The molecule has 0 bridgehead atoms. The van der Waals surface area contributed by atoms with Crippen LogP contribution in [0.5, 0.6) is 0 Å². The zero-order valence-corrected chi connectivity index (χ0v) is 8.61. The van der Waals surface area contributed by atoms with Crippen molar-refractivity contribution in [3.63, 3.8) is 0 Å². The monoisotopic (exact) mass is 176 g/mol. The van der Waals surface area contributed by atoms with Crippen LogP contribution >= 0.6 is 11.3 Å². The summed E-state index contributed by atoms with van der Waals surface area (Å²) in [7, 11) is 0. The molecule has 2 N–H and O–H groups in total. The van der Waals surface area contributed by atoms with Gasteiger partial charge in [-0.05, 0) is 13.5 Å². The van der Waals surface area contributed by atoms with Gasteiger partial charge in [0, 0.05) is 12.5 Å². The van der Waals surface area contributed by atoms with E-state index in [1.165, 1.54) is 0 Å². The Morgan fingerprint density at radius 3 is 2.18 bits per heavy atom. The Morgan fingerprint density at radius 2 is 2.09 bits per heavy atom. The lowest BCUT2D eigenvalue weighted by atomic mass is 10.6. The van der Waals surface area contributed by atoms with Crippen molar-refractivity contribution in [3.8, 4) is 0 Å². The van der Waals surface area contributed by atoms with Crippen molar-refractivity contribution >= 4 is 11.3 Å². The van der Waals surface area contributed by atoms with Crippen LogP contribution in [0.25, 0.3) is 0 Å².